The van der Waals surface area contributed by atoms with Crippen molar-refractivity contribution < 1.29 is 9.53 Å². The highest BCUT2D eigenvalue weighted by atomic mass is 127. The number of pyridine rings is 1. The van der Waals surface area contributed by atoms with E-state index in [4.69, 9.17) is 4.74 Å². The smallest absolute Gasteiger partial charge is 0.263 e. The molecular weight excluding hydrogens is 403 g/mol. The fourth-order valence-electron chi connectivity index (χ4n) is 2.18. The predicted molar refractivity (Wildman–Crippen MR) is 101 cm³/mol. The third kappa shape index (κ3) is 4.92. The van der Waals surface area contributed by atoms with Crippen molar-refractivity contribution in [1.82, 2.24) is 4.98 Å². The summed E-state index contributed by atoms with van der Waals surface area (Å²) in [7, 11) is 0. The van der Waals surface area contributed by atoms with Gasteiger partial charge in [0.2, 0.25) is 0 Å². The second-order valence-electron chi connectivity index (χ2n) is 5.80. The molecule has 1 aromatic heterocycles. The highest BCUT2D eigenvalue weighted by Crippen LogP contribution is 2.27. The summed E-state index contributed by atoms with van der Waals surface area (Å²) in [5.74, 6) is 1.44. The van der Waals surface area contributed by atoms with E-state index in [9.17, 15) is 4.79 Å². The molecule has 0 saturated carbocycles. The summed E-state index contributed by atoms with van der Waals surface area (Å²) >= 11 is 2.21. The summed E-state index contributed by atoms with van der Waals surface area (Å²) in [6.45, 7) is 8.10. The second kappa shape index (κ2) is 7.77. The van der Waals surface area contributed by atoms with Gasteiger partial charge in [-0.25, -0.2) is 4.98 Å². The van der Waals surface area contributed by atoms with E-state index in [1.165, 1.54) is 0 Å². The van der Waals surface area contributed by atoms with Crippen LogP contribution in [0.25, 0.3) is 0 Å². The number of ether oxygens (including phenoxy) is 1. The van der Waals surface area contributed by atoms with Gasteiger partial charge in [0, 0.05) is 3.57 Å². The molecule has 0 atom stereocenters. The molecule has 0 fully saturated rings. The predicted octanol–water partition coefficient (Wildman–Crippen LogP) is 4.44. The van der Waals surface area contributed by atoms with Crippen molar-refractivity contribution >= 4 is 34.3 Å². The SMILES string of the molecule is Cc1ccc(C(C)C)c(OCC(=O)Nc2ccc(I)c(C)n2)c1. The van der Waals surface area contributed by atoms with Gasteiger partial charge in [0.15, 0.2) is 6.61 Å². The number of amides is 1. The van der Waals surface area contributed by atoms with Crippen LogP contribution in [-0.4, -0.2) is 17.5 Å². The Morgan fingerprint density at radius 2 is 2.00 bits per heavy atom. The first-order valence-electron chi connectivity index (χ1n) is 7.53. The first-order valence-corrected chi connectivity index (χ1v) is 8.61. The van der Waals surface area contributed by atoms with Crippen LogP contribution in [0.5, 0.6) is 5.75 Å². The molecule has 0 saturated heterocycles. The number of carbonyl (C=O) groups is 1. The van der Waals surface area contributed by atoms with Crippen LogP contribution in [-0.2, 0) is 4.79 Å². The number of anilines is 1. The standard InChI is InChI=1S/C18H21IN2O2/c1-11(2)14-6-5-12(3)9-16(14)23-10-18(22)21-17-8-7-15(19)13(4)20-17/h5-9,11H,10H2,1-4H3,(H,20,21,22). The van der Waals surface area contributed by atoms with E-state index in [-0.39, 0.29) is 12.5 Å². The summed E-state index contributed by atoms with van der Waals surface area (Å²) in [5.41, 5.74) is 3.11. The molecule has 4 nitrogen and oxygen atoms in total. The zero-order chi connectivity index (χ0) is 17.0. The summed E-state index contributed by atoms with van der Waals surface area (Å²) < 4.78 is 6.79. The van der Waals surface area contributed by atoms with Gasteiger partial charge in [-0.1, -0.05) is 26.0 Å². The first kappa shape index (κ1) is 17.7. The molecule has 0 spiro atoms. The fourth-order valence-corrected chi connectivity index (χ4v) is 2.48. The van der Waals surface area contributed by atoms with Crippen LogP contribution < -0.4 is 10.1 Å². The average molecular weight is 424 g/mol. The van der Waals surface area contributed by atoms with Gasteiger partial charge in [0.1, 0.15) is 11.6 Å². The quantitative estimate of drug-likeness (QED) is 0.722. The summed E-state index contributed by atoms with van der Waals surface area (Å²) in [6.07, 6.45) is 0. The number of carbonyl (C=O) groups excluding carboxylic acids is 1. The molecule has 5 heteroatoms. The zero-order valence-electron chi connectivity index (χ0n) is 13.8. The van der Waals surface area contributed by atoms with Gasteiger partial charge in [-0.15, -0.1) is 0 Å². The molecule has 0 bridgehead atoms. The number of nitrogens with zero attached hydrogens (tertiary/aromatic N) is 1. The van der Waals surface area contributed by atoms with Crippen LogP contribution in [0.15, 0.2) is 30.3 Å². The minimum atomic E-state index is -0.214. The molecule has 122 valence electrons. The minimum Gasteiger partial charge on any atom is -0.483 e. The van der Waals surface area contributed by atoms with Crippen LogP contribution in [0.4, 0.5) is 5.82 Å². The van der Waals surface area contributed by atoms with E-state index in [0.717, 1.165) is 26.1 Å². The van der Waals surface area contributed by atoms with Crippen molar-refractivity contribution in [3.05, 3.63) is 50.7 Å². The number of nitrogens with one attached hydrogen (secondary N) is 1. The van der Waals surface area contributed by atoms with E-state index in [2.05, 4.69) is 58.9 Å². The number of hydrogen-bond donors (Lipinski definition) is 1. The molecule has 1 heterocycles. The Morgan fingerprint density at radius 1 is 1.26 bits per heavy atom. The fraction of sp³-hybridized carbons (Fsp3) is 0.333. The van der Waals surface area contributed by atoms with Crippen LogP contribution in [0.2, 0.25) is 0 Å². The van der Waals surface area contributed by atoms with E-state index in [1.807, 2.05) is 26.0 Å². The van der Waals surface area contributed by atoms with Crippen molar-refractivity contribution in [1.29, 1.82) is 0 Å². The molecular formula is C18H21IN2O2. The first-order chi connectivity index (χ1) is 10.9. The Balaban J connectivity index is 2.01. The molecule has 2 rings (SSSR count). The molecule has 1 aromatic carbocycles. The van der Waals surface area contributed by atoms with Crippen LogP contribution in [0.1, 0.15) is 36.6 Å². The highest BCUT2D eigenvalue weighted by Gasteiger charge is 2.11. The number of halogens is 1. The molecule has 1 amide bonds. The lowest BCUT2D eigenvalue weighted by Gasteiger charge is -2.14. The van der Waals surface area contributed by atoms with Gasteiger partial charge in [0.25, 0.3) is 5.91 Å². The van der Waals surface area contributed by atoms with Gasteiger partial charge >= 0.3 is 0 Å². The molecule has 0 aliphatic carbocycles. The van der Waals surface area contributed by atoms with Crippen molar-refractivity contribution in [2.45, 2.75) is 33.6 Å². The number of hydrogen-bond acceptors (Lipinski definition) is 3. The number of rotatable bonds is 5. The van der Waals surface area contributed by atoms with E-state index < -0.39 is 0 Å². The molecule has 1 N–H and O–H groups in total. The molecule has 2 aromatic rings. The summed E-state index contributed by atoms with van der Waals surface area (Å²) in [6, 6.07) is 9.80. The molecule has 0 aliphatic heterocycles. The molecule has 0 aliphatic rings. The topological polar surface area (TPSA) is 51.2 Å². The maximum absolute atomic E-state index is 12.1. The van der Waals surface area contributed by atoms with E-state index in [0.29, 0.717) is 11.7 Å². The molecule has 0 unspecified atom stereocenters. The number of aryl methyl sites for hydroxylation is 2. The molecule has 23 heavy (non-hydrogen) atoms. The second-order valence-corrected chi connectivity index (χ2v) is 6.96. The van der Waals surface area contributed by atoms with Gasteiger partial charge in [0.05, 0.1) is 5.69 Å². The van der Waals surface area contributed by atoms with Crippen molar-refractivity contribution in [3.63, 3.8) is 0 Å². The minimum absolute atomic E-state index is 0.0319. The Bertz CT molecular complexity index is 714. The monoisotopic (exact) mass is 424 g/mol. The normalized spacial score (nSPS) is 10.7. The molecule has 0 radical (unpaired) electrons. The van der Waals surface area contributed by atoms with Crippen LogP contribution in [0, 0.1) is 17.4 Å². The summed E-state index contributed by atoms with van der Waals surface area (Å²) in [4.78, 5) is 16.4. The maximum atomic E-state index is 12.1. The lowest BCUT2D eigenvalue weighted by molar-refractivity contribution is -0.118. The van der Waals surface area contributed by atoms with Crippen molar-refractivity contribution in [2.24, 2.45) is 0 Å². The van der Waals surface area contributed by atoms with Gasteiger partial charge < -0.3 is 10.1 Å². The Kier molecular flexibility index (Phi) is 5.98. The lowest BCUT2D eigenvalue weighted by atomic mass is 10.0. The lowest BCUT2D eigenvalue weighted by Crippen LogP contribution is -2.21. The van der Waals surface area contributed by atoms with Gasteiger partial charge in [-0.05, 0) is 71.7 Å². The van der Waals surface area contributed by atoms with Crippen LogP contribution >= 0.6 is 22.6 Å². The summed E-state index contributed by atoms with van der Waals surface area (Å²) in [5, 5.41) is 2.77. The number of aromatic nitrogens is 1. The van der Waals surface area contributed by atoms with E-state index >= 15 is 0 Å². The van der Waals surface area contributed by atoms with Crippen molar-refractivity contribution in [3.8, 4) is 5.75 Å². The van der Waals surface area contributed by atoms with Gasteiger partial charge in [-0.2, -0.15) is 0 Å². The maximum Gasteiger partial charge on any atom is 0.263 e. The highest BCUT2D eigenvalue weighted by molar-refractivity contribution is 14.1. The third-order valence-electron chi connectivity index (χ3n) is 3.44. The van der Waals surface area contributed by atoms with Gasteiger partial charge in [-0.3, -0.25) is 4.79 Å². The Morgan fingerprint density at radius 3 is 2.65 bits per heavy atom. The Hall–Kier alpha value is -1.63. The number of benzene rings is 1. The average Bonchev–Trinajstić information content (AvgIpc) is 2.48. The third-order valence-corrected chi connectivity index (χ3v) is 4.58. The van der Waals surface area contributed by atoms with Crippen LogP contribution in [0.3, 0.4) is 0 Å². The van der Waals surface area contributed by atoms with Crippen molar-refractivity contribution in [2.75, 3.05) is 11.9 Å². The Labute approximate surface area is 150 Å². The van der Waals surface area contributed by atoms with E-state index in [1.54, 1.807) is 6.07 Å². The zero-order valence-corrected chi connectivity index (χ0v) is 16.0. The largest absolute Gasteiger partial charge is 0.483 e.